The monoisotopic (exact) mass is 584 g/mol. The van der Waals surface area contributed by atoms with Crippen LogP contribution in [0, 0.1) is 12.0 Å². The summed E-state index contributed by atoms with van der Waals surface area (Å²) in [7, 11) is 0. The van der Waals surface area contributed by atoms with Crippen LogP contribution in [-0.2, 0) is 24.2 Å². The second-order valence-corrected chi connectivity index (χ2v) is 9.67. The molecule has 5 aromatic rings. The number of hydrogen-bond donors (Lipinski definition) is 0. The normalized spacial score (nSPS) is 13.3. The summed E-state index contributed by atoms with van der Waals surface area (Å²) in [6, 6.07) is 40.4. The number of allylic oxidation sites excluding steroid dienone is 4. The molecule has 1 atom stereocenters. The van der Waals surface area contributed by atoms with E-state index in [1.54, 1.807) is 0 Å². The van der Waals surface area contributed by atoms with Crippen molar-refractivity contribution >= 4 is 24.8 Å². The number of hydrogen-bond acceptors (Lipinski definition) is 0. The Labute approximate surface area is 242 Å². The van der Waals surface area contributed by atoms with Crippen molar-refractivity contribution in [1.82, 2.24) is 0 Å². The number of rotatable bonds is 2. The van der Waals surface area contributed by atoms with Crippen LogP contribution in [0.2, 0.25) is 0 Å². The Bertz CT molecular complexity index is 1340. The van der Waals surface area contributed by atoms with Gasteiger partial charge in [-0.2, -0.15) is 6.08 Å². The Hall–Kier alpha value is -2.44. The van der Waals surface area contributed by atoms with E-state index in [0.29, 0.717) is 5.92 Å². The van der Waals surface area contributed by atoms with Crippen molar-refractivity contribution in [3.05, 3.63) is 150 Å². The molecule has 0 aliphatic heterocycles. The maximum atomic E-state index is 3.15. The first-order valence-electron chi connectivity index (χ1n) is 11.6. The molecule has 0 saturated heterocycles. The van der Waals surface area contributed by atoms with Gasteiger partial charge in [-0.3, -0.25) is 6.08 Å². The van der Waals surface area contributed by atoms with Gasteiger partial charge in [0.1, 0.15) is 0 Å². The molecule has 180 valence electrons. The average molecular weight is 587 g/mol. The van der Waals surface area contributed by atoms with Gasteiger partial charge in [0.25, 0.3) is 0 Å². The Kier molecular flexibility index (Phi) is 12.4. The zero-order valence-electron chi connectivity index (χ0n) is 20.5. The Morgan fingerprint density at radius 2 is 1.08 bits per heavy atom. The Morgan fingerprint density at radius 1 is 0.667 bits per heavy atom. The van der Waals surface area contributed by atoms with Gasteiger partial charge in [-0.25, -0.2) is 11.6 Å². The zero-order chi connectivity index (χ0) is 23.8. The summed E-state index contributed by atoms with van der Waals surface area (Å²) in [5, 5.41) is 5.39. The van der Waals surface area contributed by atoms with E-state index in [-0.39, 0.29) is 24.8 Å². The van der Waals surface area contributed by atoms with Crippen LogP contribution in [0.1, 0.15) is 25.0 Å². The van der Waals surface area contributed by atoms with E-state index in [2.05, 4.69) is 141 Å². The molecule has 0 aromatic heterocycles. The minimum absolute atomic E-state index is 0. The predicted octanol–water partition coefficient (Wildman–Crippen LogP) is 2.46. The second kappa shape index (κ2) is 15.0. The molecule has 5 aromatic carbocycles. The van der Waals surface area contributed by atoms with Crippen LogP contribution < -0.4 is 24.8 Å². The molecule has 1 unspecified atom stereocenters. The second-order valence-electron chi connectivity index (χ2n) is 8.44. The molecule has 0 nitrogen and oxygen atoms in total. The molecule has 0 radical (unpaired) electrons. The summed E-state index contributed by atoms with van der Waals surface area (Å²) >= 11 is 1.46. The summed E-state index contributed by atoms with van der Waals surface area (Å²) in [4.78, 5) is 0. The quantitative estimate of drug-likeness (QED) is 0.279. The van der Waals surface area contributed by atoms with Gasteiger partial charge in [0.05, 0.1) is 0 Å². The smallest absolute Gasteiger partial charge is 0.0771 e. The first kappa shape index (κ1) is 29.8. The van der Waals surface area contributed by atoms with Crippen LogP contribution in [0.4, 0.5) is 0 Å². The first-order valence-corrected chi connectivity index (χ1v) is 12.8. The van der Waals surface area contributed by atoms with Crippen molar-refractivity contribution in [2.75, 3.05) is 0 Å². The van der Waals surface area contributed by atoms with Gasteiger partial charge in [0.15, 0.2) is 0 Å². The fraction of sp³-hybridized carbons (Fsp3) is 0.0909. The SMILES string of the molecule is CC1=CC(C)[C-]=C1.[Cl-].[Cl-].[Zr+2]=[C](c1ccccc1)c1ccccc1.c1ccc2c(c1)[cH-]c1ccccc12. The van der Waals surface area contributed by atoms with Gasteiger partial charge in [-0.05, 0) is 0 Å². The van der Waals surface area contributed by atoms with Crippen molar-refractivity contribution in [3.63, 3.8) is 0 Å². The molecule has 1 aliphatic rings. The summed E-state index contributed by atoms with van der Waals surface area (Å²) in [5.74, 6) is 0.556. The van der Waals surface area contributed by atoms with E-state index in [1.807, 2.05) is 6.08 Å². The third-order valence-electron chi connectivity index (χ3n) is 5.73. The zero-order valence-corrected chi connectivity index (χ0v) is 24.4. The van der Waals surface area contributed by atoms with E-state index in [0.717, 1.165) is 0 Å². The molecule has 0 bridgehead atoms. The van der Waals surface area contributed by atoms with Gasteiger partial charge >= 0.3 is 99.2 Å². The minimum Gasteiger partial charge on any atom is -0.126 e. The van der Waals surface area contributed by atoms with Crippen LogP contribution in [0.3, 0.4) is 0 Å². The van der Waals surface area contributed by atoms with Gasteiger partial charge in [-0.1, -0.05) is 49.2 Å². The van der Waals surface area contributed by atoms with Crippen LogP contribution in [0.5, 0.6) is 0 Å². The van der Waals surface area contributed by atoms with Crippen LogP contribution in [0.25, 0.3) is 21.5 Å². The average Bonchev–Trinajstić information content (AvgIpc) is 3.47. The number of fused-ring (bicyclic) bond motifs is 3. The summed E-state index contributed by atoms with van der Waals surface area (Å²) in [6.45, 7) is 4.23. The van der Waals surface area contributed by atoms with E-state index in [1.165, 1.54) is 65.7 Å². The molecule has 1 aliphatic carbocycles. The molecule has 3 heteroatoms. The molecule has 36 heavy (non-hydrogen) atoms. The molecule has 0 heterocycles. The standard InChI is InChI=1S/C13H9.C13H10.C7H9.2ClH.Zr/c1-3-7-12-10(5-1)9-11-6-2-4-8-13(11)12;1-3-7-12(8-4-1)11-13-9-5-2-6-10-13;1-6-3-4-7(2)5-6;;;/h1-9H;1-10H;3,5,7H,1-2H3;2*1H;/q-1;;-1;;;+2/p-2. The topological polar surface area (TPSA) is 0 Å². The molecule has 0 fully saturated rings. The minimum atomic E-state index is 0. The van der Waals surface area contributed by atoms with E-state index in [9.17, 15) is 0 Å². The van der Waals surface area contributed by atoms with Gasteiger partial charge < -0.3 is 24.8 Å². The first-order chi connectivity index (χ1) is 16.6. The van der Waals surface area contributed by atoms with Crippen LogP contribution in [0.15, 0.2) is 133 Å². The van der Waals surface area contributed by atoms with E-state index >= 15 is 0 Å². The molecule has 0 amide bonds. The van der Waals surface area contributed by atoms with Gasteiger partial charge in [0.2, 0.25) is 0 Å². The van der Waals surface area contributed by atoms with Crippen LogP contribution >= 0.6 is 0 Å². The fourth-order valence-corrected chi connectivity index (χ4v) is 4.85. The van der Waals surface area contributed by atoms with Crippen molar-refractivity contribution in [2.24, 2.45) is 5.92 Å². The molecule has 0 saturated carbocycles. The Morgan fingerprint density at radius 3 is 1.44 bits per heavy atom. The largest absolute Gasteiger partial charge is 0.126 e. The third-order valence-corrected chi connectivity index (χ3v) is 7.15. The van der Waals surface area contributed by atoms with Crippen molar-refractivity contribution in [3.8, 4) is 0 Å². The summed E-state index contributed by atoms with van der Waals surface area (Å²) in [6.07, 6.45) is 7.38. The van der Waals surface area contributed by atoms with E-state index in [4.69, 9.17) is 0 Å². The third kappa shape index (κ3) is 8.04. The molecular formula is C33H28Cl2Zr-2. The van der Waals surface area contributed by atoms with Gasteiger partial charge in [0, 0.05) is 0 Å². The fourth-order valence-electron chi connectivity index (χ4n) is 4.03. The number of benzene rings is 4. The molecular weight excluding hydrogens is 558 g/mol. The number of halogens is 2. The van der Waals surface area contributed by atoms with Crippen molar-refractivity contribution in [1.29, 1.82) is 0 Å². The predicted molar refractivity (Wildman–Crippen MR) is 144 cm³/mol. The maximum Gasteiger partial charge on any atom is -0.0771 e. The maximum absolute atomic E-state index is 3.15. The van der Waals surface area contributed by atoms with E-state index < -0.39 is 0 Å². The molecule has 0 N–H and O–H groups in total. The Balaban J connectivity index is 0.000000194. The van der Waals surface area contributed by atoms with Crippen molar-refractivity contribution < 1.29 is 49.0 Å². The van der Waals surface area contributed by atoms with Crippen LogP contribution in [-0.4, -0.2) is 3.21 Å². The molecule has 0 spiro atoms. The summed E-state index contributed by atoms with van der Waals surface area (Å²) < 4.78 is 1.42. The molecule has 6 rings (SSSR count). The summed E-state index contributed by atoms with van der Waals surface area (Å²) in [5.41, 5.74) is 4.00. The van der Waals surface area contributed by atoms with Gasteiger partial charge in [-0.15, -0.1) is 46.7 Å². The van der Waals surface area contributed by atoms with Crippen molar-refractivity contribution in [2.45, 2.75) is 13.8 Å².